The number of carbonyl (C=O) groups excluding carboxylic acids is 1. The molecular weight excluding hydrogens is 408 g/mol. The SMILES string of the molecule is CCOc1n[nH]c(-c2ccc(-c3ccc(O[C@H]4CC[C@@H](C(=O)OCC)CC4)nc3)cc2)n1. The Morgan fingerprint density at radius 1 is 0.969 bits per heavy atom. The molecule has 168 valence electrons. The number of hydrogen-bond donors (Lipinski definition) is 1. The minimum Gasteiger partial charge on any atom is -0.474 e. The van der Waals surface area contributed by atoms with E-state index < -0.39 is 0 Å². The van der Waals surface area contributed by atoms with Crippen molar-refractivity contribution in [1.29, 1.82) is 0 Å². The molecule has 0 aliphatic heterocycles. The number of carbonyl (C=O) groups is 1. The van der Waals surface area contributed by atoms with Crippen molar-refractivity contribution in [3.05, 3.63) is 42.6 Å². The number of benzene rings is 1. The van der Waals surface area contributed by atoms with Crippen LogP contribution in [0.2, 0.25) is 0 Å². The van der Waals surface area contributed by atoms with E-state index in [1.165, 1.54) is 0 Å². The Balaban J connectivity index is 1.33. The Bertz CT molecular complexity index is 1010. The average molecular weight is 437 g/mol. The molecule has 0 atom stereocenters. The molecule has 1 N–H and O–H groups in total. The van der Waals surface area contributed by atoms with Gasteiger partial charge in [-0.1, -0.05) is 24.3 Å². The van der Waals surface area contributed by atoms with Gasteiger partial charge in [-0.05, 0) is 51.2 Å². The zero-order chi connectivity index (χ0) is 22.3. The van der Waals surface area contributed by atoms with Gasteiger partial charge in [-0.3, -0.25) is 9.89 Å². The van der Waals surface area contributed by atoms with Gasteiger partial charge in [0.25, 0.3) is 0 Å². The third kappa shape index (κ3) is 5.25. The van der Waals surface area contributed by atoms with Gasteiger partial charge >= 0.3 is 12.0 Å². The Morgan fingerprint density at radius 2 is 1.69 bits per heavy atom. The summed E-state index contributed by atoms with van der Waals surface area (Å²) < 4.78 is 16.5. The van der Waals surface area contributed by atoms with E-state index in [4.69, 9.17) is 14.2 Å². The van der Waals surface area contributed by atoms with Crippen molar-refractivity contribution in [3.63, 3.8) is 0 Å². The number of nitrogens with one attached hydrogen (secondary N) is 1. The molecule has 2 aromatic heterocycles. The summed E-state index contributed by atoms with van der Waals surface area (Å²) in [5.41, 5.74) is 2.98. The number of esters is 1. The Kier molecular flexibility index (Phi) is 6.99. The second-order valence-corrected chi connectivity index (χ2v) is 7.71. The van der Waals surface area contributed by atoms with Gasteiger partial charge in [0, 0.05) is 23.4 Å². The van der Waals surface area contributed by atoms with E-state index in [1.807, 2.05) is 56.4 Å². The number of ether oxygens (including phenoxy) is 3. The highest BCUT2D eigenvalue weighted by atomic mass is 16.5. The third-order valence-electron chi connectivity index (χ3n) is 5.55. The molecule has 1 fully saturated rings. The Hall–Kier alpha value is -3.42. The number of aromatic amines is 1. The van der Waals surface area contributed by atoms with Crippen molar-refractivity contribution in [3.8, 4) is 34.4 Å². The van der Waals surface area contributed by atoms with E-state index in [2.05, 4.69) is 20.2 Å². The second-order valence-electron chi connectivity index (χ2n) is 7.71. The fraction of sp³-hybridized carbons (Fsp3) is 0.417. The molecule has 0 amide bonds. The molecule has 1 aliphatic carbocycles. The van der Waals surface area contributed by atoms with Crippen LogP contribution < -0.4 is 9.47 Å². The number of aromatic nitrogens is 4. The first-order valence-corrected chi connectivity index (χ1v) is 11.1. The van der Waals surface area contributed by atoms with Gasteiger partial charge in [0.05, 0.1) is 19.1 Å². The van der Waals surface area contributed by atoms with Gasteiger partial charge in [0.15, 0.2) is 5.82 Å². The monoisotopic (exact) mass is 436 g/mol. The smallest absolute Gasteiger partial charge is 0.335 e. The van der Waals surface area contributed by atoms with Crippen LogP contribution in [0.4, 0.5) is 0 Å². The standard InChI is InChI=1S/C24H28N4O4/c1-3-30-23(29)18-9-12-20(13-10-18)32-21-14-11-19(15-25-21)16-5-7-17(8-6-16)22-26-24(28-27-22)31-4-2/h5-8,11,14-15,18,20H,3-4,9-10,12-13H2,1-2H3,(H,26,27,28)/t18-,20+. The molecule has 0 bridgehead atoms. The maximum atomic E-state index is 11.9. The molecule has 1 aliphatic rings. The van der Waals surface area contributed by atoms with E-state index in [9.17, 15) is 4.79 Å². The number of rotatable bonds is 8. The predicted molar refractivity (Wildman–Crippen MR) is 119 cm³/mol. The van der Waals surface area contributed by atoms with Gasteiger partial charge in [-0.15, -0.1) is 5.10 Å². The summed E-state index contributed by atoms with van der Waals surface area (Å²) >= 11 is 0. The highest BCUT2D eigenvalue weighted by Crippen LogP contribution is 2.29. The van der Waals surface area contributed by atoms with Crippen LogP contribution in [0.5, 0.6) is 11.9 Å². The van der Waals surface area contributed by atoms with E-state index in [0.717, 1.165) is 42.4 Å². The minimum absolute atomic E-state index is 0.00387. The summed E-state index contributed by atoms with van der Waals surface area (Å²) in [6.07, 6.45) is 5.16. The molecule has 32 heavy (non-hydrogen) atoms. The number of hydrogen-bond acceptors (Lipinski definition) is 7. The van der Waals surface area contributed by atoms with E-state index in [-0.39, 0.29) is 18.0 Å². The summed E-state index contributed by atoms with van der Waals surface area (Å²) in [5.74, 6) is 1.18. The van der Waals surface area contributed by atoms with Crippen molar-refractivity contribution >= 4 is 5.97 Å². The molecule has 8 heteroatoms. The lowest BCUT2D eigenvalue weighted by atomic mass is 9.87. The summed E-state index contributed by atoms with van der Waals surface area (Å²) in [5, 5.41) is 6.92. The van der Waals surface area contributed by atoms with Crippen molar-refractivity contribution < 1.29 is 19.0 Å². The summed E-state index contributed by atoms with van der Waals surface area (Å²) in [6, 6.07) is 12.3. The minimum atomic E-state index is -0.0857. The summed E-state index contributed by atoms with van der Waals surface area (Å²) in [7, 11) is 0. The van der Waals surface area contributed by atoms with Crippen LogP contribution in [0.1, 0.15) is 39.5 Å². The van der Waals surface area contributed by atoms with E-state index in [1.54, 1.807) is 0 Å². The molecule has 8 nitrogen and oxygen atoms in total. The molecule has 4 rings (SSSR count). The molecule has 3 aromatic rings. The first kappa shape index (κ1) is 21.8. The molecular formula is C24H28N4O4. The molecule has 1 saturated carbocycles. The number of nitrogens with zero attached hydrogens (tertiary/aromatic N) is 3. The van der Waals surface area contributed by atoms with E-state index in [0.29, 0.717) is 30.9 Å². The normalized spacial score (nSPS) is 18.2. The number of pyridine rings is 1. The lowest BCUT2D eigenvalue weighted by molar-refractivity contribution is -0.149. The van der Waals surface area contributed by atoms with Gasteiger partial charge in [0.1, 0.15) is 6.10 Å². The Morgan fingerprint density at radius 3 is 2.34 bits per heavy atom. The largest absolute Gasteiger partial charge is 0.474 e. The molecule has 0 spiro atoms. The first-order chi connectivity index (χ1) is 15.7. The topological polar surface area (TPSA) is 99.2 Å². The van der Waals surface area contributed by atoms with Gasteiger partial charge in [-0.25, -0.2) is 4.98 Å². The molecule has 1 aromatic carbocycles. The van der Waals surface area contributed by atoms with Crippen molar-refractivity contribution in [2.45, 2.75) is 45.6 Å². The van der Waals surface area contributed by atoms with Crippen LogP contribution in [-0.4, -0.2) is 45.5 Å². The third-order valence-corrected chi connectivity index (χ3v) is 5.55. The van der Waals surface area contributed by atoms with Gasteiger partial charge in [-0.2, -0.15) is 4.98 Å². The summed E-state index contributed by atoms with van der Waals surface area (Å²) in [4.78, 5) is 20.7. The van der Waals surface area contributed by atoms with Crippen LogP contribution in [0, 0.1) is 5.92 Å². The maximum absolute atomic E-state index is 11.9. The Labute approximate surface area is 187 Å². The molecule has 0 unspecified atom stereocenters. The first-order valence-electron chi connectivity index (χ1n) is 11.1. The zero-order valence-corrected chi connectivity index (χ0v) is 18.4. The molecule has 0 saturated heterocycles. The summed E-state index contributed by atoms with van der Waals surface area (Å²) in [6.45, 7) is 4.69. The zero-order valence-electron chi connectivity index (χ0n) is 18.4. The molecule has 0 radical (unpaired) electrons. The van der Waals surface area contributed by atoms with Crippen molar-refractivity contribution in [1.82, 2.24) is 20.2 Å². The van der Waals surface area contributed by atoms with Crippen LogP contribution in [-0.2, 0) is 9.53 Å². The lowest BCUT2D eigenvalue weighted by Crippen LogP contribution is -2.29. The van der Waals surface area contributed by atoms with Crippen LogP contribution >= 0.6 is 0 Å². The highest BCUT2D eigenvalue weighted by molar-refractivity contribution is 5.72. The van der Waals surface area contributed by atoms with Crippen LogP contribution in [0.15, 0.2) is 42.6 Å². The van der Waals surface area contributed by atoms with E-state index >= 15 is 0 Å². The fourth-order valence-corrected chi connectivity index (χ4v) is 3.86. The van der Waals surface area contributed by atoms with Crippen molar-refractivity contribution in [2.75, 3.05) is 13.2 Å². The lowest BCUT2D eigenvalue weighted by Gasteiger charge is -2.27. The quantitative estimate of drug-likeness (QED) is 0.521. The van der Waals surface area contributed by atoms with Crippen LogP contribution in [0.3, 0.4) is 0 Å². The highest BCUT2D eigenvalue weighted by Gasteiger charge is 2.28. The van der Waals surface area contributed by atoms with Crippen molar-refractivity contribution in [2.24, 2.45) is 5.92 Å². The molecule has 2 heterocycles. The van der Waals surface area contributed by atoms with Gasteiger partial charge in [0.2, 0.25) is 5.88 Å². The number of H-pyrrole nitrogens is 1. The average Bonchev–Trinajstić information content (AvgIpc) is 3.29. The predicted octanol–water partition coefficient (Wildman–Crippen LogP) is 4.43. The second kappa shape index (κ2) is 10.3. The fourth-order valence-electron chi connectivity index (χ4n) is 3.86. The maximum Gasteiger partial charge on any atom is 0.335 e. The van der Waals surface area contributed by atoms with Crippen LogP contribution in [0.25, 0.3) is 22.5 Å². The van der Waals surface area contributed by atoms with Gasteiger partial charge < -0.3 is 14.2 Å².